The number of furan rings is 1. The summed E-state index contributed by atoms with van der Waals surface area (Å²) in [5.41, 5.74) is -1.53. The minimum absolute atomic E-state index is 0.0960. The summed E-state index contributed by atoms with van der Waals surface area (Å²) in [5.74, 6) is -2.62. The second-order valence-electron chi connectivity index (χ2n) is 6.48. The van der Waals surface area contributed by atoms with Gasteiger partial charge in [0.05, 0.1) is 12.4 Å². The number of hydrogen-bond acceptors (Lipinski definition) is 8. The van der Waals surface area contributed by atoms with E-state index in [0.29, 0.717) is 11.0 Å². The topological polar surface area (TPSA) is 158 Å². The smallest absolute Gasteiger partial charge is 0.335 e. The zero-order chi connectivity index (χ0) is 19.8. The molecule has 144 valence electrons. The Bertz CT molecular complexity index is 899. The van der Waals surface area contributed by atoms with E-state index in [0.717, 1.165) is 6.08 Å². The maximum atomic E-state index is 12.0. The van der Waals surface area contributed by atoms with Gasteiger partial charge in [-0.3, -0.25) is 0 Å². The summed E-state index contributed by atoms with van der Waals surface area (Å²) in [6.45, 7) is 0. The van der Waals surface area contributed by atoms with Crippen LogP contribution < -0.4 is 0 Å². The predicted octanol–water partition coefficient (Wildman–Crippen LogP) is 0.395. The summed E-state index contributed by atoms with van der Waals surface area (Å²) >= 11 is 0. The Morgan fingerprint density at radius 3 is 2.70 bits per heavy atom. The van der Waals surface area contributed by atoms with Crippen LogP contribution in [-0.4, -0.2) is 61.4 Å². The molecule has 1 saturated carbocycles. The first-order valence-corrected chi connectivity index (χ1v) is 8.10. The van der Waals surface area contributed by atoms with Crippen LogP contribution in [0.1, 0.15) is 18.4 Å². The summed E-state index contributed by atoms with van der Waals surface area (Å²) < 4.78 is 10.2. The van der Waals surface area contributed by atoms with Crippen molar-refractivity contribution in [2.45, 2.75) is 36.8 Å². The largest absolute Gasteiger partial charge is 0.507 e. The standard InChI is InChI=1S/C18H18O9/c19-11-5-10-3-4-26-13(10)6-9(11)1-2-15(21)27-14-8-18(25,17(23)24)7-12(20)16(14)22/h1-6,12,14,16,19-20,22,25H,7-8H2,(H,23,24)/b2-1+/t12-,14-,16-,18+/m1/s1. The van der Waals surface area contributed by atoms with E-state index >= 15 is 0 Å². The van der Waals surface area contributed by atoms with Gasteiger partial charge in [-0.25, -0.2) is 9.59 Å². The molecule has 27 heavy (non-hydrogen) atoms. The first-order valence-electron chi connectivity index (χ1n) is 8.10. The third-order valence-electron chi connectivity index (χ3n) is 4.53. The quantitative estimate of drug-likeness (QED) is 0.375. The lowest BCUT2D eigenvalue weighted by Gasteiger charge is -2.39. The van der Waals surface area contributed by atoms with Crippen molar-refractivity contribution >= 4 is 29.0 Å². The van der Waals surface area contributed by atoms with Gasteiger partial charge in [0.25, 0.3) is 0 Å². The molecule has 0 spiro atoms. The van der Waals surface area contributed by atoms with Gasteiger partial charge in [0.1, 0.15) is 23.5 Å². The van der Waals surface area contributed by atoms with E-state index in [1.54, 1.807) is 6.07 Å². The lowest BCUT2D eigenvalue weighted by atomic mass is 9.79. The van der Waals surface area contributed by atoms with Crippen molar-refractivity contribution in [3.05, 3.63) is 36.1 Å². The number of fused-ring (bicyclic) bond motifs is 1. The number of benzene rings is 1. The fraction of sp³-hybridized carbons (Fsp3) is 0.333. The highest BCUT2D eigenvalue weighted by Crippen LogP contribution is 2.31. The molecule has 1 aliphatic carbocycles. The number of hydrogen-bond donors (Lipinski definition) is 5. The highest BCUT2D eigenvalue weighted by atomic mass is 16.6. The van der Waals surface area contributed by atoms with Gasteiger partial charge in [-0.2, -0.15) is 0 Å². The molecule has 1 aliphatic rings. The molecular weight excluding hydrogens is 360 g/mol. The molecule has 2 aromatic rings. The Morgan fingerprint density at radius 2 is 2.00 bits per heavy atom. The molecule has 0 saturated heterocycles. The summed E-state index contributed by atoms with van der Waals surface area (Å²) in [4.78, 5) is 23.2. The van der Waals surface area contributed by atoms with E-state index in [1.165, 1.54) is 24.5 Å². The number of esters is 1. The number of rotatable bonds is 4. The van der Waals surface area contributed by atoms with Crippen LogP contribution in [0, 0.1) is 0 Å². The van der Waals surface area contributed by atoms with E-state index < -0.39 is 48.7 Å². The molecule has 9 heteroatoms. The zero-order valence-electron chi connectivity index (χ0n) is 14.0. The normalized spacial score (nSPS) is 28.5. The number of aliphatic hydroxyl groups is 3. The average Bonchev–Trinajstić information content (AvgIpc) is 3.04. The second kappa shape index (κ2) is 7.03. The van der Waals surface area contributed by atoms with Crippen LogP contribution in [0.2, 0.25) is 0 Å². The van der Waals surface area contributed by atoms with Crippen molar-refractivity contribution in [2.24, 2.45) is 0 Å². The van der Waals surface area contributed by atoms with Crippen LogP contribution in [0.5, 0.6) is 5.75 Å². The Morgan fingerprint density at radius 1 is 1.26 bits per heavy atom. The van der Waals surface area contributed by atoms with Gasteiger partial charge in [-0.05, 0) is 24.3 Å². The van der Waals surface area contributed by atoms with E-state index in [1.807, 2.05) is 0 Å². The Labute approximate surface area is 152 Å². The van der Waals surface area contributed by atoms with Gasteiger partial charge < -0.3 is 34.7 Å². The summed E-state index contributed by atoms with van der Waals surface area (Å²) in [6.07, 6.45) is -1.97. The van der Waals surface area contributed by atoms with Gasteiger partial charge >= 0.3 is 11.9 Å². The Kier molecular flexibility index (Phi) is 4.92. The third-order valence-corrected chi connectivity index (χ3v) is 4.53. The van der Waals surface area contributed by atoms with E-state index in [2.05, 4.69) is 0 Å². The fourth-order valence-electron chi connectivity index (χ4n) is 3.03. The van der Waals surface area contributed by atoms with Crippen molar-refractivity contribution in [1.82, 2.24) is 0 Å². The number of phenolic OH excluding ortho intramolecular Hbond substituents is 1. The van der Waals surface area contributed by atoms with Crippen molar-refractivity contribution in [3.8, 4) is 5.75 Å². The molecule has 0 radical (unpaired) electrons. The molecule has 0 amide bonds. The first kappa shape index (κ1) is 18.9. The first-order chi connectivity index (χ1) is 12.7. The molecule has 1 aromatic carbocycles. The molecule has 9 nitrogen and oxygen atoms in total. The molecule has 3 rings (SSSR count). The van der Waals surface area contributed by atoms with E-state index in [-0.39, 0.29) is 11.3 Å². The highest BCUT2D eigenvalue weighted by molar-refractivity contribution is 5.90. The zero-order valence-corrected chi connectivity index (χ0v) is 14.0. The minimum Gasteiger partial charge on any atom is -0.507 e. The Balaban J connectivity index is 1.72. The Hall–Kier alpha value is -2.88. The molecule has 1 aromatic heterocycles. The number of carboxylic acid groups (broad SMARTS) is 1. The molecule has 5 N–H and O–H groups in total. The summed E-state index contributed by atoms with van der Waals surface area (Å²) in [5, 5.41) is 49.4. The van der Waals surface area contributed by atoms with Crippen LogP contribution in [0.25, 0.3) is 17.0 Å². The van der Waals surface area contributed by atoms with Crippen molar-refractivity contribution < 1.29 is 44.3 Å². The van der Waals surface area contributed by atoms with Gasteiger partial charge in [0, 0.05) is 29.9 Å². The molecule has 1 fully saturated rings. The maximum Gasteiger partial charge on any atom is 0.335 e. The third kappa shape index (κ3) is 3.80. The molecule has 1 heterocycles. The fourth-order valence-corrected chi connectivity index (χ4v) is 3.03. The monoisotopic (exact) mass is 378 g/mol. The van der Waals surface area contributed by atoms with Crippen LogP contribution in [0.4, 0.5) is 0 Å². The van der Waals surface area contributed by atoms with E-state index in [9.17, 15) is 30.0 Å². The number of carbonyl (C=O) groups excluding carboxylic acids is 1. The lowest BCUT2D eigenvalue weighted by Crippen LogP contribution is -2.57. The molecule has 0 unspecified atom stereocenters. The SMILES string of the molecule is O=C(/C=C/c1cc2occc2cc1O)O[C@@H]1C[C@](O)(C(=O)O)C[C@@H](O)[C@H]1O. The lowest BCUT2D eigenvalue weighted by molar-refractivity contribution is -0.196. The van der Waals surface area contributed by atoms with Crippen molar-refractivity contribution in [1.29, 1.82) is 0 Å². The van der Waals surface area contributed by atoms with Gasteiger partial charge in [0.15, 0.2) is 5.60 Å². The van der Waals surface area contributed by atoms with Crippen LogP contribution in [-0.2, 0) is 14.3 Å². The van der Waals surface area contributed by atoms with E-state index in [4.69, 9.17) is 14.3 Å². The number of phenols is 1. The number of carbonyl (C=O) groups is 2. The van der Waals surface area contributed by atoms with Crippen LogP contribution in [0.3, 0.4) is 0 Å². The minimum atomic E-state index is -2.31. The number of aliphatic hydroxyl groups excluding tert-OH is 2. The summed E-state index contributed by atoms with van der Waals surface area (Å²) in [7, 11) is 0. The number of aliphatic carboxylic acids is 1. The molecular formula is C18H18O9. The number of carboxylic acids is 1. The van der Waals surface area contributed by atoms with Crippen LogP contribution >= 0.6 is 0 Å². The molecule has 0 aliphatic heterocycles. The average molecular weight is 378 g/mol. The van der Waals surface area contributed by atoms with Gasteiger partial charge in [0.2, 0.25) is 0 Å². The van der Waals surface area contributed by atoms with Gasteiger partial charge in [-0.1, -0.05) is 0 Å². The van der Waals surface area contributed by atoms with Crippen LogP contribution in [0.15, 0.2) is 35.0 Å². The second-order valence-corrected chi connectivity index (χ2v) is 6.48. The molecule has 4 atom stereocenters. The van der Waals surface area contributed by atoms with Crippen molar-refractivity contribution in [2.75, 3.05) is 0 Å². The number of aromatic hydroxyl groups is 1. The molecule has 0 bridgehead atoms. The number of ether oxygens (including phenoxy) is 1. The van der Waals surface area contributed by atoms with Crippen molar-refractivity contribution in [3.63, 3.8) is 0 Å². The predicted molar refractivity (Wildman–Crippen MR) is 90.6 cm³/mol. The summed E-state index contributed by atoms with van der Waals surface area (Å²) in [6, 6.07) is 4.63. The maximum absolute atomic E-state index is 12.0. The highest BCUT2D eigenvalue weighted by Gasteiger charge is 2.50. The van der Waals surface area contributed by atoms with Gasteiger partial charge in [-0.15, -0.1) is 0 Å².